The first-order chi connectivity index (χ1) is 11.3. The van der Waals surface area contributed by atoms with E-state index in [9.17, 15) is 4.79 Å². The van der Waals surface area contributed by atoms with Gasteiger partial charge in [0.05, 0.1) is 6.61 Å². The van der Waals surface area contributed by atoms with Crippen LogP contribution in [-0.4, -0.2) is 24.2 Å². The molecule has 2 aromatic rings. The third kappa shape index (κ3) is 3.92. The molecule has 5 nitrogen and oxygen atoms in total. The number of amides is 1. The zero-order chi connectivity index (χ0) is 16.1. The first-order valence-corrected chi connectivity index (χ1v) is 8.20. The van der Waals surface area contributed by atoms with Gasteiger partial charge in [0.1, 0.15) is 11.5 Å². The van der Waals surface area contributed by atoms with Crippen molar-refractivity contribution in [1.29, 1.82) is 0 Å². The minimum atomic E-state index is -0.172. The van der Waals surface area contributed by atoms with Gasteiger partial charge in [-0.1, -0.05) is 30.3 Å². The predicted octanol–water partition coefficient (Wildman–Crippen LogP) is 3.00. The maximum atomic E-state index is 12.2. The molecule has 3 rings (SSSR count). The summed E-state index contributed by atoms with van der Waals surface area (Å²) >= 11 is 0. The number of hydrogen-bond donors (Lipinski definition) is 1. The lowest BCUT2D eigenvalue weighted by molar-refractivity contribution is 0.0936. The number of hydrogen-bond acceptors (Lipinski definition) is 4. The maximum Gasteiger partial charge on any atom is 0.273 e. The number of rotatable bonds is 5. The Hall–Kier alpha value is -2.30. The number of aryl methyl sites for hydroxylation is 1. The molecule has 2 heterocycles. The molecule has 0 aliphatic carbocycles. The van der Waals surface area contributed by atoms with Gasteiger partial charge >= 0.3 is 0 Å². The minimum absolute atomic E-state index is 0.172. The molecule has 0 saturated heterocycles. The summed E-state index contributed by atoms with van der Waals surface area (Å²) in [5.74, 6) is 1.91. The van der Waals surface area contributed by atoms with Gasteiger partial charge in [-0.05, 0) is 36.8 Å². The first-order valence-electron chi connectivity index (χ1n) is 8.20. The highest BCUT2D eigenvalue weighted by molar-refractivity contribution is 5.92. The molecule has 0 bridgehead atoms. The molecule has 1 N–H and O–H groups in total. The van der Waals surface area contributed by atoms with E-state index in [0.717, 1.165) is 37.2 Å². The molecule has 1 amide bonds. The number of carbonyl (C=O) groups is 1. The van der Waals surface area contributed by atoms with Gasteiger partial charge in [0.2, 0.25) is 0 Å². The predicted molar refractivity (Wildman–Crippen MR) is 86.6 cm³/mol. The SMILES string of the molecule is CCCc1cc(C(=O)NC[C@@H]2CCOc3ccccc3C2)no1. The van der Waals surface area contributed by atoms with E-state index >= 15 is 0 Å². The molecule has 1 aromatic heterocycles. The van der Waals surface area contributed by atoms with Crippen LogP contribution < -0.4 is 10.1 Å². The van der Waals surface area contributed by atoms with Crippen molar-refractivity contribution in [2.45, 2.75) is 32.6 Å². The Morgan fingerprint density at radius 3 is 3.13 bits per heavy atom. The van der Waals surface area contributed by atoms with Gasteiger partial charge in [0, 0.05) is 19.0 Å². The van der Waals surface area contributed by atoms with Gasteiger partial charge in [0.25, 0.3) is 5.91 Å². The first kappa shape index (κ1) is 15.6. The molecule has 122 valence electrons. The summed E-state index contributed by atoms with van der Waals surface area (Å²) in [4.78, 5) is 12.2. The van der Waals surface area contributed by atoms with Crippen LogP contribution in [0.1, 0.15) is 41.6 Å². The second-order valence-corrected chi connectivity index (χ2v) is 5.95. The zero-order valence-electron chi connectivity index (χ0n) is 13.4. The second kappa shape index (κ2) is 7.31. The molecule has 23 heavy (non-hydrogen) atoms. The summed E-state index contributed by atoms with van der Waals surface area (Å²) in [5.41, 5.74) is 1.56. The van der Waals surface area contributed by atoms with Crippen molar-refractivity contribution in [3.63, 3.8) is 0 Å². The summed E-state index contributed by atoms with van der Waals surface area (Å²) in [6, 6.07) is 9.82. The molecule has 1 aliphatic rings. The third-order valence-electron chi connectivity index (χ3n) is 4.10. The number of nitrogens with one attached hydrogen (secondary N) is 1. The van der Waals surface area contributed by atoms with E-state index in [1.54, 1.807) is 6.07 Å². The Kier molecular flexibility index (Phi) is 4.95. The normalized spacial score (nSPS) is 17.0. The van der Waals surface area contributed by atoms with Crippen LogP contribution in [0.2, 0.25) is 0 Å². The van der Waals surface area contributed by atoms with E-state index in [2.05, 4.69) is 23.5 Å². The van der Waals surface area contributed by atoms with Crippen LogP contribution in [0.5, 0.6) is 5.75 Å². The van der Waals surface area contributed by atoms with Gasteiger partial charge in [-0.2, -0.15) is 0 Å². The number of aromatic nitrogens is 1. The fourth-order valence-electron chi connectivity index (χ4n) is 2.85. The van der Waals surface area contributed by atoms with Crippen LogP contribution in [0.3, 0.4) is 0 Å². The lowest BCUT2D eigenvalue weighted by atomic mass is 9.97. The maximum absolute atomic E-state index is 12.2. The molecule has 0 radical (unpaired) electrons. The fourth-order valence-corrected chi connectivity index (χ4v) is 2.85. The molecule has 1 aromatic carbocycles. The van der Waals surface area contributed by atoms with Crippen LogP contribution >= 0.6 is 0 Å². The lowest BCUT2D eigenvalue weighted by Crippen LogP contribution is -2.30. The van der Waals surface area contributed by atoms with Crippen molar-refractivity contribution in [2.75, 3.05) is 13.2 Å². The highest BCUT2D eigenvalue weighted by Crippen LogP contribution is 2.26. The van der Waals surface area contributed by atoms with E-state index in [0.29, 0.717) is 24.8 Å². The van der Waals surface area contributed by atoms with Crippen molar-refractivity contribution < 1.29 is 14.1 Å². The largest absolute Gasteiger partial charge is 0.493 e. The monoisotopic (exact) mass is 314 g/mol. The third-order valence-corrected chi connectivity index (χ3v) is 4.10. The molecular formula is C18H22N2O3. The molecule has 0 unspecified atom stereocenters. The molecular weight excluding hydrogens is 292 g/mol. The van der Waals surface area contributed by atoms with E-state index in [-0.39, 0.29) is 5.91 Å². The van der Waals surface area contributed by atoms with Gasteiger partial charge in [-0.25, -0.2) is 0 Å². The van der Waals surface area contributed by atoms with Crippen molar-refractivity contribution in [3.8, 4) is 5.75 Å². The number of carbonyl (C=O) groups excluding carboxylic acids is 1. The van der Waals surface area contributed by atoms with Crippen LogP contribution in [0.4, 0.5) is 0 Å². The van der Waals surface area contributed by atoms with E-state index < -0.39 is 0 Å². The standard InChI is InChI=1S/C18H22N2O3/c1-2-5-15-11-16(20-23-15)18(21)19-12-13-8-9-22-17-7-4-3-6-14(17)10-13/h3-4,6-7,11,13H,2,5,8-10,12H2,1H3,(H,19,21)/t13-/m1/s1. The number of nitrogens with zero attached hydrogens (tertiary/aromatic N) is 1. The topological polar surface area (TPSA) is 64.4 Å². The van der Waals surface area contributed by atoms with Gasteiger partial charge in [-0.15, -0.1) is 0 Å². The van der Waals surface area contributed by atoms with Crippen LogP contribution in [0, 0.1) is 5.92 Å². The van der Waals surface area contributed by atoms with Crippen molar-refractivity contribution in [2.24, 2.45) is 5.92 Å². The number of para-hydroxylation sites is 1. The van der Waals surface area contributed by atoms with Gasteiger partial charge < -0.3 is 14.6 Å². The second-order valence-electron chi connectivity index (χ2n) is 5.95. The Labute approximate surface area is 136 Å². The number of fused-ring (bicyclic) bond motifs is 1. The van der Waals surface area contributed by atoms with Crippen LogP contribution in [0.25, 0.3) is 0 Å². The van der Waals surface area contributed by atoms with Crippen molar-refractivity contribution >= 4 is 5.91 Å². The van der Waals surface area contributed by atoms with E-state index in [1.807, 2.05) is 18.2 Å². The average Bonchev–Trinajstić information content (AvgIpc) is 2.92. The lowest BCUT2D eigenvalue weighted by Gasteiger charge is -2.13. The highest BCUT2D eigenvalue weighted by Gasteiger charge is 2.19. The Morgan fingerprint density at radius 2 is 2.26 bits per heavy atom. The molecule has 0 saturated carbocycles. The number of ether oxygens (including phenoxy) is 1. The minimum Gasteiger partial charge on any atom is -0.493 e. The Bertz CT molecular complexity index is 666. The average molecular weight is 314 g/mol. The van der Waals surface area contributed by atoms with Crippen LogP contribution in [-0.2, 0) is 12.8 Å². The fraction of sp³-hybridized carbons (Fsp3) is 0.444. The number of benzene rings is 1. The van der Waals surface area contributed by atoms with Gasteiger partial charge in [-0.3, -0.25) is 4.79 Å². The summed E-state index contributed by atoms with van der Waals surface area (Å²) < 4.78 is 10.9. The summed E-state index contributed by atoms with van der Waals surface area (Å²) in [6.07, 6.45) is 3.61. The van der Waals surface area contributed by atoms with Crippen molar-refractivity contribution in [3.05, 3.63) is 47.3 Å². The van der Waals surface area contributed by atoms with E-state index in [4.69, 9.17) is 9.26 Å². The molecule has 0 spiro atoms. The van der Waals surface area contributed by atoms with Crippen molar-refractivity contribution in [1.82, 2.24) is 10.5 Å². The molecule has 1 atom stereocenters. The van der Waals surface area contributed by atoms with Crippen LogP contribution in [0.15, 0.2) is 34.9 Å². The Morgan fingerprint density at radius 1 is 1.39 bits per heavy atom. The summed E-state index contributed by atoms with van der Waals surface area (Å²) in [7, 11) is 0. The quantitative estimate of drug-likeness (QED) is 0.921. The smallest absolute Gasteiger partial charge is 0.273 e. The molecule has 5 heteroatoms. The van der Waals surface area contributed by atoms with E-state index in [1.165, 1.54) is 5.56 Å². The molecule has 0 fully saturated rings. The Balaban J connectivity index is 1.56. The zero-order valence-corrected chi connectivity index (χ0v) is 13.4. The summed E-state index contributed by atoms with van der Waals surface area (Å²) in [6.45, 7) is 3.36. The molecule has 1 aliphatic heterocycles. The highest BCUT2D eigenvalue weighted by atomic mass is 16.5. The summed E-state index contributed by atoms with van der Waals surface area (Å²) in [5, 5.41) is 6.81. The van der Waals surface area contributed by atoms with Gasteiger partial charge in [0.15, 0.2) is 5.69 Å².